The fourth-order valence-corrected chi connectivity index (χ4v) is 2.84. The molecule has 2 aromatic heterocycles. The molecule has 6 nitrogen and oxygen atoms in total. The lowest BCUT2D eigenvalue weighted by Gasteiger charge is -2.01. The number of imidazole rings is 1. The number of fused-ring (bicyclic) bond motifs is 1. The minimum absolute atomic E-state index is 0.363. The maximum atomic E-state index is 12.0. The Balaban J connectivity index is 1.80. The fraction of sp³-hybridized carbons (Fsp3) is 0.0714. The standard InChI is InChI=1S/C14H11ClN4O2S/c1-21-13-11(19-6-7-22-14(19)17-13)8-16-18-12(20)9-4-2-3-5-10(9)15/h2-8H,1H3,(H,18,20)/b16-8+. The maximum absolute atomic E-state index is 12.0. The van der Waals surface area contributed by atoms with Crippen LogP contribution in [0.5, 0.6) is 5.88 Å². The van der Waals surface area contributed by atoms with E-state index >= 15 is 0 Å². The van der Waals surface area contributed by atoms with Gasteiger partial charge < -0.3 is 4.74 Å². The van der Waals surface area contributed by atoms with Gasteiger partial charge in [-0.1, -0.05) is 23.7 Å². The van der Waals surface area contributed by atoms with E-state index in [0.29, 0.717) is 22.2 Å². The molecule has 0 saturated heterocycles. The van der Waals surface area contributed by atoms with Crippen molar-refractivity contribution in [2.24, 2.45) is 5.10 Å². The van der Waals surface area contributed by atoms with Crippen molar-refractivity contribution >= 4 is 40.0 Å². The minimum atomic E-state index is -0.383. The molecular weight excluding hydrogens is 324 g/mol. The third-order valence-corrected chi connectivity index (χ3v) is 4.02. The number of hydrazone groups is 1. The number of rotatable bonds is 4. The first-order valence-corrected chi connectivity index (χ1v) is 7.54. The van der Waals surface area contributed by atoms with Crippen molar-refractivity contribution in [2.45, 2.75) is 0 Å². The molecule has 0 saturated carbocycles. The molecule has 3 aromatic rings. The first-order valence-electron chi connectivity index (χ1n) is 6.28. The molecule has 0 aliphatic carbocycles. The van der Waals surface area contributed by atoms with Crippen LogP contribution in [-0.2, 0) is 0 Å². The number of halogens is 1. The molecular formula is C14H11ClN4O2S. The second-order valence-electron chi connectivity index (χ2n) is 4.24. The van der Waals surface area contributed by atoms with Crippen LogP contribution in [-0.4, -0.2) is 28.6 Å². The molecule has 0 fully saturated rings. The van der Waals surface area contributed by atoms with Crippen molar-refractivity contribution in [1.29, 1.82) is 0 Å². The Morgan fingerprint density at radius 3 is 3.09 bits per heavy atom. The van der Waals surface area contributed by atoms with Gasteiger partial charge in [0.1, 0.15) is 5.69 Å². The smallest absolute Gasteiger partial charge is 0.272 e. The lowest BCUT2D eigenvalue weighted by molar-refractivity contribution is 0.0955. The molecule has 0 spiro atoms. The van der Waals surface area contributed by atoms with Crippen LogP contribution < -0.4 is 10.2 Å². The summed E-state index contributed by atoms with van der Waals surface area (Å²) in [5.41, 5.74) is 3.45. The highest BCUT2D eigenvalue weighted by atomic mass is 35.5. The van der Waals surface area contributed by atoms with Crippen LogP contribution in [0.25, 0.3) is 4.96 Å². The Hall–Kier alpha value is -2.38. The lowest BCUT2D eigenvalue weighted by Crippen LogP contribution is -2.18. The second kappa shape index (κ2) is 6.17. The molecule has 1 amide bonds. The molecule has 0 aliphatic rings. The molecule has 22 heavy (non-hydrogen) atoms. The lowest BCUT2D eigenvalue weighted by atomic mass is 10.2. The van der Waals surface area contributed by atoms with Gasteiger partial charge in [0.25, 0.3) is 5.91 Å². The van der Waals surface area contributed by atoms with Crippen LogP contribution in [0.15, 0.2) is 40.9 Å². The summed E-state index contributed by atoms with van der Waals surface area (Å²) < 4.78 is 7.03. The SMILES string of the molecule is COc1nc2sccn2c1/C=N/NC(=O)c1ccccc1Cl. The van der Waals surface area contributed by atoms with Gasteiger partial charge in [0.15, 0.2) is 4.96 Å². The van der Waals surface area contributed by atoms with Crippen molar-refractivity contribution in [3.05, 3.63) is 52.1 Å². The third kappa shape index (κ3) is 2.68. The highest BCUT2D eigenvalue weighted by Crippen LogP contribution is 2.21. The van der Waals surface area contributed by atoms with Crippen LogP contribution in [0.3, 0.4) is 0 Å². The van der Waals surface area contributed by atoms with Gasteiger partial charge in [-0.3, -0.25) is 9.20 Å². The van der Waals surface area contributed by atoms with E-state index in [1.54, 1.807) is 24.3 Å². The van der Waals surface area contributed by atoms with Crippen molar-refractivity contribution in [3.63, 3.8) is 0 Å². The van der Waals surface area contributed by atoms with Gasteiger partial charge in [-0.15, -0.1) is 11.3 Å². The first-order chi connectivity index (χ1) is 10.7. The van der Waals surface area contributed by atoms with Crippen molar-refractivity contribution in [1.82, 2.24) is 14.8 Å². The zero-order chi connectivity index (χ0) is 15.5. The van der Waals surface area contributed by atoms with Gasteiger partial charge in [0.2, 0.25) is 5.88 Å². The second-order valence-corrected chi connectivity index (χ2v) is 5.52. The minimum Gasteiger partial charge on any atom is -0.479 e. The largest absolute Gasteiger partial charge is 0.479 e. The molecule has 0 bridgehead atoms. The van der Waals surface area contributed by atoms with Gasteiger partial charge in [-0.25, -0.2) is 5.43 Å². The highest BCUT2D eigenvalue weighted by Gasteiger charge is 2.12. The molecule has 3 rings (SSSR count). The van der Waals surface area contributed by atoms with Crippen LogP contribution in [0, 0.1) is 0 Å². The van der Waals surface area contributed by atoms with Gasteiger partial charge in [0, 0.05) is 11.6 Å². The Morgan fingerprint density at radius 2 is 2.32 bits per heavy atom. The Labute approximate surface area is 135 Å². The maximum Gasteiger partial charge on any atom is 0.272 e. The monoisotopic (exact) mass is 334 g/mol. The molecule has 2 heterocycles. The summed E-state index contributed by atoms with van der Waals surface area (Å²) in [7, 11) is 1.53. The molecule has 0 aliphatic heterocycles. The number of ether oxygens (including phenoxy) is 1. The topological polar surface area (TPSA) is 68.0 Å². The molecule has 8 heteroatoms. The molecule has 1 N–H and O–H groups in total. The van der Waals surface area contributed by atoms with Crippen LogP contribution in [0.4, 0.5) is 0 Å². The van der Waals surface area contributed by atoms with E-state index in [-0.39, 0.29) is 5.91 Å². The Morgan fingerprint density at radius 1 is 1.50 bits per heavy atom. The summed E-state index contributed by atoms with van der Waals surface area (Å²) in [5.74, 6) is 0.0643. The number of nitrogens with one attached hydrogen (secondary N) is 1. The van der Waals surface area contributed by atoms with Crippen molar-refractivity contribution in [2.75, 3.05) is 7.11 Å². The third-order valence-electron chi connectivity index (χ3n) is 2.93. The molecule has 0 unspecified atom stereocenters. The fourth-order valence-electron chi connectivity index (χ4n) is 1.91. The number of carbonyl (C=O) groups excluding carboxylic acids is 1. The average molecular weight is 335 g/mol. The Bertz CT molecular complexity index is 856. The van der Waals surface area contributed by atoms with Gasteiger partial charge in [-0.05, 0) is 12.1 Å². The quantitative estimate of drug-likeness (QED) is 0.589. The van der Waals surface area contributed by atoms with E-state index in [9.17, 15) is 4.79 Å². The Kier molecular flexibility index (Phi) is 4.08. The number of methoxy groups -OCH3 is 1. The van der Waals surface area contributed by atoms with E-state index < -0.39 is 0 Å². The van der Waals surface area contributed by atoms with E-state index in [1.165, 1.54) is 24.7 Å². The van der Waals surface area contributed by atoms with E-state index in [4.69, 9.17) is 16.3 Å². The summed E-state index contributed by atoms with van der Waals surface area (Å²) in [6.45, 7) is 0. The molecule has 0 atom stereocenters. The molecule has 112 valence electrons. The first kappa shape index (κ1) is 14.6. The van der Waals surface area contributed by atoms with E-state index in [0.717, 1.165) is 4.96 Å². The number of hydrogen-bond acceptors (Lipinski definition) is 5. The van der Waals surface area contributed by atoms with Crippen molar-refractivity contribution < 1.29 is 9.53 Å². The predicted octanol–water partition coefficient (Wildman–Crippen LogP) is 2.82. The zero-order valence-electron chi connectivity index (χ0n) is 11.5. The van der Waals surface area contributed by atoms with Crippen molar-refractivity contribution in [3.8, 4) is 5.88 Å². The van der Waals surface area contributed by atoms with Gasteiger partial charge in [0.05, 0.1) is 23.9 Å². The zero-order valence-corrected chi connectivity index (χ0v) is 13.1. The summed E-state index contributed by atoms with van der Waals surface area (Å²) >= 11 is 7.44. The summed E-state index contributed by atoms with van der Waals surface area (Å²) in [5, 5.41) is 6.23. The van der Waals surface area contributed by atoms with E-state index in [1.807, 2.05) is 16.0 Å². The highest BCUT2D eigenvalue weighted by molar-refractivity contribution is 7.15. The number of hydrogen-bond donors (Lipinski definition) is 1. The van der Waals surface area contributed by atoms with Crippen LogP contribution in [0.2, 0.25) is 5.02 Å². The predicted molar refractivity (Wildman–Crippen MR) is 86.1 cm³/mol. The number of benzene rings is 1. The van der Waals surface area contributed by atoms with Gasteiger partial charge >= 0.3 is 0 Å². The van der Waals surface area contributed by atoms with Crippen LogP contribution >= 0.6 is 22.9 Å². The molecule has 0 radical (unpaired) electrons. The average Bonchev–Trinajstić information content (AvgIpc) is 3.09. The summed E-state index contributed by atoms with van der Waals surface area (Å²) in [6, 6.07) is 6.77. The number of thiazole rings is 1. The number of aromatic nitrogens is 2. The number of nitrogens with zero attached hydrogens (tertiary/aromatic N) is 3. The van der Waals surface area contributed by atoms with Gasteiger partial charge in [-0.2, -0.15) is 10.1 Å². The van der Waals surface area contributed by atoms with E-state index in [2.05, 4.69) is 15.5 Å². The van der Waals surface area contributed by atoms with Crippen LogP contribution in [0.1, 0.15) is 16.1 Å². The molecule has 1 aromatic carbocycles. The normalized spacial score (nSPS) is 11.2. The summed E-state index contributed by atoms with van der Waals surface area (Å²) in [4.78, 5) is 17.1. The summed E-state index contributed by atoms with van der Waals surface area (Å²) in [6.07, 6.45) is 3.34. The number of carbonyl (C=O) groups is 1. The number of amides is 1.